The molecule has 0 aliphatic carbocycles. The minimum atomic E-state index is -0.155. The molecule has 0 amide bonds. The summed E-state index contributed by atoms with van der Waals surface area (Å²) in [4.78, 5) is 14.3. The predicted molar refractivity (Wildman–Crippen MR) is 58.8 cm³/mol. The molecule has 0 saturated carbocycles. The molecule has 5 nitrogen and oxygen atoms in total. The maximum Gasteiger partial charge on any atom is 0.260 e. The summed E-state index contributed by atoms with van der Waals surface area (Å²) in [6, 6.07) is 5.45. The number of aromatic nitrogens is 4. The van der Waals surface area contributed by atoms with E-state index >= 15 is 0 Å². The van der Waals surface area contributed by atoms with Gasteiger partial charge in [0.25, 0.3) is 5.56 Å². The summed E-state index contributed by atoms with van der Waals surface area (Å²) in [6.45, 7) is 0. The molecule has 0 saturated heterocycles. The topological polar surface area (TPSA) is 63.0 Å². The van der Waals surface area contributed by atoms with Gasteiger partial charge in [0.15, 0.2) is 0 Å². The first kappa shape index (κ1) is 8.60. The number of nitrogens with zero attached hydrogens (tertiary/aromatic N) is 3. The standard InChI is InChI=1S/C9H5BrN4O/c10-5-1-2-6-7(3-5)14-4-11-13-9(14)12-8(6)15/h1-4H,(H,12,13,15). The average Bonchev–Trinajstić information content (AvgIpc) is 2.65. The second-order valence-corrected chi connectivity index (χ2v) is 4.06. The summed E-state index contributed by atoms with van der Waals surface area (Å²) in [5.74, 6) is 0.450. The highest BCUT2D eigenvalue weighted by molar-refractivity contribution is 9.10. The fourth-order valence-corrected chi connectivity index (χ4v) is 1.91. The van der Waals surface area contributed by atoms with Crippen LogP contribution in [0.25, 0.3) is 16.7 Å². The smallest absolute Gasteiger partial charge is 0.260 e. The Hall–Kier alpha value is -1.69. The van der Waals surface area contributed by atoms with Crippen LogP contribution in [0.2, 0.25) is 0 Å². The number of benzene rings is 1. The molecule has 3 aromatic rings. The van der Waals surface area contributed by atoms with E-state index in [0.29, 0.717) is 11.2 Å². The fraction of sp³-hybridized carbons (Fsp3) is 0. The van der Waals surface area contributed by atoms with Crippen molar-refractivity contribution in [3.05, 3.63) is 39.4 Å². The fourth-order valence-electron chi connectivity index (χ4n) is 1.56. The van der Waals surface area contributed by atoms with Crippen molar-refractivity contribution in [3.63, 3.8) is 0 Å². The Morgan fingerprint density at radius 1 is 1.40 bits per heavy atom. The van der Waals surface area contributed by atoms with E-state index in [4.69, 9.17) is 0 Å². The number of hydrogen-bond donors (Lipinski definition) is 1. The molecule has 1 N–H and O–H groups in total. The van der Waals surface area contributed by atoms with Crippen molar-refractivity contribution in [3.8, 4) is 0 Å². The van der Waals surface area contributed by atoms with Crippen molar-refractivity contribution < 1.29 is 0 Å². The van der Waals surface area contributed by atoms with Gasteiger partial charge in [-0.2, -0.15) is 0 Å². The Kier molecular flexibility index (Phi) is 1.66. The molecule has 0 spiro atoms. The molecule has 0 radical (unpaired) electrons. The summed E-state index contributed by atoms with van der Waals surface area (Å²) in [6.07, 6.45) is 1.57. The van der Waals surface area contributed by atoms with Crippen LogP contribution in [0.3, 0.4) is 0 Å². The number of nitrogens with one attached hydrogen (secondary N) is 1. The first-order valence-electron chi connectivity index (χ1n) is 4.27. The molecule has 2 heterocycles. The molecule has 0 unspecified atom stereocenters. The van der Waals surface area contributed by atoms with Crippen LogP contribution in [0.5, 0.6) is 0 Å². The van der Waals surface area contributed by atoms with Crippen LogP contribution in [0.15, 0.2) is 33.8 Å². The van der Waals surface area contributed by atoms with Crippen LogP contribution in [0, 0.1) is 0 Å². The Morgan fingerprint density at radius 2 is 2.27 bits per heavy atom. The second-order valence-electron chi connectivity index (χ2n) is 3.14. The summed E-state index contributed by atoms with van der Waals surface area (Å²) < 4.78 is 2.65. The number of rotatable bonds is 0. The molecular weight excluding hydrogens is 260 g/mol. The highest BCUT2D eigenvalue weighted by Crippen LogP contribution is 2.16. The molecule has 0 fully saturated rings. The predicted octanol–water partition coefficient (Wildman–Crippen LogP) is 1.33. The van der Waals surface area contributed by atoms with Crippen molar-refractivity contribution in [2.45, 2.75) is 0 Å². The van der Waals surface area contributed by atoms with Gasteiger partial charge in [-0.25, -0.2) is 0 Å². The lowest BCUT2D eigenvalue weighted by atomic mass is 10.2. The molecule has 6 heteroatoms. The van der Waals surface area contributed by atoms with E-state index in [1.165, 1.54) is 0 Å². The molecule has 0 atom stereocenters. The van der Waals surface area contributed by atoms with Crippen molar-refractivity contribution in [1.82, 2.24) is 19.6 Å². The van der Waals surface area contributed by atoms with Gasteiger partial charge in [0.05, 0.1) is 10.9 Å². The first-order valence-corrected chi connectivity index (χ1v) is 5.06. The van der Waals surface area contributed by atoms with Gasteiger partial charge in [-0.05, 0) is 18.2 Å². The lowest BCUT2D eigenvalue weighted by Gasteiger charge is -2.00. The normalized spacial score (nSPS) is 11.3. The maximum absolute atomic E-state index is 11.6. The Labute approximate surface area is 91.9 Å². The summed E-state index contributed by atoms with van der Waals surface area (Å²) >= 11 is 3.36. The van der Waals surface area contributed by atoms with E-state index in [1.54, 1.807) is 16.8 Å². The van der Waals surface area contributed by atoms with Crippen LogP contribution in [-0.4, -0.2) is 19.6 Å². The van der Waals surface area contributed by atoms with Crippen LogP contribution >= 0.6 is 15.9 Å². The molecule has 0 aliphatic heterocycles. The summed E-state index contributed by atoms with van der Waals surface area (Å²) in [7, 11) is 0. The molecule has 3 rings (SSSR count). The molecular formula is C9H5BrN4O. The molecule has 0 aliphatic rings. The van der Waals surface area contributed by atoms with E-state index in [9.17, 15) is 4.79 Å². The second kappa shape index (κ2) is 2.90. The number of halogens is 1. The summed E-state index contributed by atoms with van der Waals surface area (Å²) in [5.41, 5.74) is 0.631. The van der Waals surface area contributed by atoms with Crippen LogP contribution < -0.4 is 5.56 Å². The van der Waals surface area contributed by atoms with Crippen LogP contribution in [0.4, 0.5) is 0 Å². The van der Waals surface area contributed by atoms with Gasteiger partial charge in [-0.1, -0.05) is 15.9 Å². The number of hydrogen-bond acceptors (Lipinski definition) is 3. The SMILES string of the molecule is O=c1[nH]c2nncn2c2cc(Br)ccc12. The van der Waals surface area contributed by atoms with Crippen molar-refractivity contribution in [1.29, 1.82) is 0 Å². The molecule has 2 aromatic heterocycles. The Balaban J connectivity index is 2.69. The van der Waals surface area contributed by atoms with Gasteiger partial charge >= 0.3 is 0 Å². The highest BCUT2D eigenvalue weighted by Gasteiger charge is 2.05. The zero-order chi connectivity index (χ0) is 10.4. The van der Waals surface area contributed by atoms with E-state index < -0.39 is 0 Å². The summed E-state index contributed by atoms with van der Waals surface area (Å²) in [5, 5.41) is 8.17. The van der Waals surface area contributed by atoms with Gasteiger partial charge in [0, 0.05) is 4.47 Å². The van der Waals surface area contributed by atoms with Crippen LogP contribution in [0.1, 0.15) is 0 Å². The number of aromatic amines is 1. The molecule has 1 aromatic carbocycles. The average molecular weight is 265 g/mol. The van der Waals surface area contributed by atoms with E-state index in [0.717, 1.165) is 9.99 Å². The number of fused-ring (bicyclic) bond motifs is 3. The third-order valence-corrected chi connectivity index (χ3v) is 2.73. The number of H-pyrrole nitrogens is 1. The van der Waals surface area contributed by atoms with Gasteiger partial charge in [-0.15, -0.1) is 10.2 Å². The van der Waals surface area contributed by atoms with Gasteiger partial charge in [-0.3, -0.25) is 14.2 Å². The van der Waals surface area contributed by atoms with E-state index in [-0.39, 0.29) is 5.56 Å². The van der Waals surface area contributed by atoms with E-state index in [2.05, 4.69) is 31.1 Å². The molecule has 74 valence electrons. The highest BCUT2D eigenvalue weighted by atomic mass is 79.9. The zero-order valence-electron chi connectivity index (χ0n) is 7.44. The molecule has 15 heavy (non-hydrogen) atoms. The third kappa shape index (κ3) is 1.18. The van der Waals surface area contributed by atoms with Crippen molar-refractivity contribution in [2.75, 3.05) is 0 Å². The Morgan fingerprint density at radius 3 is 3.13 bits per heavy atom. The third-order valence-electron chi connectivity index (χ3n) is 2.24. The largest absolute Gasteiger partial charge is 0.290 e. The quantitative estimate of drug-likeness (QED) is 0.667. The minimum absolute atomic E-state index is 0.155. The van der Waals surface area contributed by atoms with E-state index in [1.807, 2.05) is 12.1 Å². The molecule has 0 bridgehead atoms. The zero-order valence-corrected chi connectivity index (χ0v) is 9.02. The van der Waals surface area contributed by atoms with Crippen molar-refractivity contribution in [2.24, 2.45) is 0 Å². The van der Waals surface area contributed by atoms with Gasteiger partial charge in [0.1, 0.15) is 6.33 Å². The minimum Gasteiger partial charge on any atom is -0.290 e. The first-order chi connectivity index (χ1) is 7.25. The monoisotopic (exact) mass is 264 g/mol. The lowest BCUT2D eigenvalue weighted by Crippen LogP contribution is -2.09. The van der Waals surface area contributed by atoms with Gasteiger partial charge in [0.2, 0.25) is 5.78 Å². The van der Waals surface area contributed by atoms with Gasteiger partial charge < -0.3 is 0 Å². The van der Waals surface area contributed by atoms with Crippen LogP contribution in [-0.2, 0) is 0 Å². The lowest BCUT2D eigenvalue weighted by molar-refractivity contribution is 1.09. The van der Waals surface area contributed by atoms with Crippen molar-refractivity contribution >= 4 is 32.6 Å². The Bertz CT molecular complexity index is 715. The maximum atomic E-state index is 11.6.